The van der Waals surface area contributed by atoms with E-state index in [0.717, 1.165) is 12.1 Å². The van der Waals surface area contributed by atoms with E-state index in [0.29, 0.717) is 19.2 Å². The van der Waals surface area contributed by atoms with Gasteiger partial charge in [0.2, 0.25) is 0 Å². The molecule has 0 aliphatic rings. The van der Waals surface area contributed by atoms with Gasteiger partial charge in [-0.2, -0.15) is 13.2 Å². The van der Waals surface area contributed by atoms with Crippen LogP contribution in [0.3, 0.4) is 0 Å². The van der Waals surface area contributed by atoms with Crippen molar-refractivity contribution in [3.8, 4) is 0 Å². The van der Waals surface area contributed by atoms with Gasteiger partial charge in [-0.15, -0.1) is 5.10 Å². The van der Waals surface area contributed by atoms with Gasteiger partial charge in [-0.1, -0.05) is 5.21 Å². The van der Waals surface area contributed by atoms with Crippen LogP contribution in [0.2, 0.25) is 0 Å². The molecule has 0 radical (unpaired) electrons. The standard InChI is InChI=1S/C12H11F3N4O2/c13-12(14,15)8-1-2-10(9(7-8)11(20)21)16-3-5-19-6-4-17-18-19/h1-2,4,6-7,16H,3,5H2,(H,20,21). The van der Waals surface area contributed by atoms with Crippen molar-refractivity contribution >= 4 is 11.7 Å². The summed E-state index contributed by atoms with van der Waals surface area (Å²) in [5.41, 5.74) is -1.30. The smallest absolute Gasteiger partial charge is 0.416 e. The Labute approximate surface area is 117 Å². The van der Waals surface area contributed by atoms with E-state index >= 15 is 0 Å². The molecule has 0 amide bonds. The average Bonchev–Trinajstić information content (AvgIpc) is 2.90. The lowest BCUT2D eigenvalue weighted by atomic mass is 10.1. The highest BCUT2D eigenvalue weighted by atomic mass is 19.4. The lowest BCUT2D eigenvalue weighted by Gasteiger charge is -2.12. The zero-order valence-corrected chi connectivity index (χ0v) is 10.6. The van der Waals surface area contributed by atoms with Crippen LogP contribution in [0.4, 0.5) is 18.9 Å². The maximum Gasteiger partial charge on any atom is 0.416 e. The molecule has 2 rings (SSSR count). The lowest BCUT2D eigenvalue weighted by molar-refractivity contribution is -0.137. The molecule has 1 aromatic carbocycles. The first kappa shape index (κ1) is 14.8. The number of nitrogens with zero attached hydrogens (tertiary/aromatic N) is 3. The summed E-state index contributed by atoms with van der Waals surface area (Å²) in [5.74, 6) is -1.43. The van der Waals surface area contributed by atoms with E-state index in [-0.39, 0.29) is 5.69 Å². The Morgan fingerprint density at radius 3 is 2.71 bits per heavy atom. The highest BCUT2D eigenvalue weighted by Crippen LogP contribution is 2.31. The second kappa shape index (κ2) is 5.81. The second-order valence-corrected chi connectivity index (χ2v) is 4.16. The summed E-state index contributed by atoms with van der Waals surface area (Å²) in [6, 6.07) is 2.55. The molecule has 0 aliphatic carbocycles. The van der Waals surface area contributed by atoms with E-state index in [4.69, 9.17) is 5.11 Å². The molecule has 0 atom stereocenters. The minimum atomic E-state index is -4.58. The van der Waals surface area contributed by atoms with Crippen molar-refractivity contribution in [1.82, 2.24) is 15.0 Å². The number of carbonyl (C=O) groups is 1. The summed E-state index contributed by atoms with van der Waals surface area (Å²) in [6.07, 6.45) is -1.48. The number of rotatable bonds is 5. The molecular weight excluding hydrogens is 289 g/mol. The topological polar surface area (TPSA) is 80.0 Å². The van der Waals surface area contributed by atoms with Gasteiger partial charge in [-0.3, -0.25) is 4.68 Å². The Hall–Kier alpha value is -2.58. The monoisotopic (exact) mass is 300 g/mol. The maximum absolute atomic E-state index is 12.6. The fraction of sp³-hybridized carbons (Fsp3) is 0.250. The Kier molecular flexibility index (Phi) is 4.10. The molecule has 0 spiro atoms. The summed E-state index contributed by atoms with van der Waals surface area (Å²) >= 11 is 0. The first-order chi connectivity index (χ1) is 9.88. The predicted molar refractivity (Wildman–Crippen MR) is 66.9 cm³/mol. The number of nitrogens with one attached hydrogen (secondary N) is 1. The van der Waals surface area contributed by atoms with Crippen LogP contribution in [0.1, 0.15) is 15.9 Å². The van der Waals surface area contributed by atoms with Crippen LogP contribution in [0.15, 0.2) is 30.6 Å². The highest BCUT2D eigenvalue weighted by molar-refractivity contribution is 5.94. The molecule has 1 aromatic heterocycles. The van der Waals surface area contributed by atoms with Gasteiger partial charge in [-0.05, 0) is 18.2 Å². The average molecular weight is 300 g/mol. The maximum atomic E-state index is 12.6. The van der Waals surface area contributed by atoms with Crippen LogP contribution in [0.5, 0.6) is 0 Å². The van der Waals surface area contributed by atoms with E-state index in [2.05, 4.69) is 15.6 Å². The quantitative estimate of drug-likeness (QED) is 0.884. The normalized spacial score (nSPS) is 11.4. The van der Waals surface area contributed by atoms with Crippen molar-refractivity contribution < 1.29 is 23.1 Å². The summed E-state index contributed by atoms with van der Waals surface area (Å²) < 4.78 is 39.2. The van der Waals surface area contributed by atoms with Gasteiger partial charge < -0.3 is 10.4 Å². The van der Waals surface area contributed by atoms with Gasteiger partial charge in [-0.25, -0.2) is 4.79 Å². The van der Waals surface area contributed by atoms with Crippen molar-refractivity contribution in [3.05, 3.63) is 41.7 Å². The molecule has 2 N–H and O–H groups in total. The van der Waals surface area contributed by atoms with Crippen molar-refractivity contribution in [2.24, 2.45) is 0 Å². The number of aromatic nitrogens is 3. The molecule has 21 heavy (non-hydrogen) atoms. The number of hydrogen-bond donors (Lipinski definition) is 2. The third-order valence-corrected chi connectivity index (χ3v) is 2.71. The molecule has 112 valence electrons. The van der Waals surface area contributed by atoms with E-state index in [1.807, 2.05) is 0 Å². The third kappa shape index (κ3) is 3.71. The molecular formula is C12H11F3N4O2. The summed E-state index contributed by atoms with van der Waals surface area (Å²) in [4.78, 5) is 11.1. The van der Waals surface area contributed by atoms with Gasteiger partial charge >= 0.3 is 12.1 Å². The van der Waals surface area contributed by atoms with Crippen LogP contribution < -0.4 is 5.32 Å². The van der Waals surface area contributed by atoms with Crippen molar-refractivity contribution in [2.75, 3.05) is 11.9 Å². The molecule has 0 bridgehead atoms. The molecule has 0 unspecified atom stereocenters. The van der Waals surface area contributed by atoms with Gasteiger partial charge in [0.1, 0.15) is 0 Å². The Bertz CT molecular complexity index is 626. The Morgan fingerprint density at radius 2 is 2.14 bits per heavy atom. The van der Waals surface area contributed by atoms with Crippen molar-refractivity contribution in [2.45, 2.75) is 12.7 Å². The van der Waals surface area contributed by atoms with Crippen LogP contribution >= 0.6 is 0 Å². The highest BCUT2D eigenvalue weighted by Gasteiger charge is 2.31. The number of carboxylic acid groups (broad SMARTS) is 1. The van der Waals surface area contributed by atoms with Crippen LogP contribution in [0, 0.1) is 0 Å². The fourth-order valence-corrected chi connectivity index (χ4v) is 1.71. The van der Waals surface area contributed by atoms with E-state index in [1.165, 1.54) is 10.9 Å². The van der Waals surface area contributed by atoms with Gasteiger partial charge in [0.15, 0.2) is 0 Å². The first-order valence-corrected chi connectivity index (χ1v) is 5.90. The number of alkyl halides is 3. The minimum absolute atomic E-state index is 0.121. The number of halogens is 3. The minimum Gasteiger partial charge on any atom is -0.478 e. The van der Waals surface area contributed by atoms with Gasteiger partial charge in [0, 0.05) is 18.4 Å². The zero-order chi connectivity index (χ0) is 15.5. The lowest BCUT2D eigenvalue weighted by Crippen LogP contribution is -2.15. The zero-order valence-electron chi connectivity index (χ0n) is 10.6. The van der Waals surface area contributed by atoms with Crippen molar-refractivity contribution in [3.63, 3.8) is 0 Å². The number of aromatic carboxylic acids is 1. The van der Waals surface area contributed by atoms with Crippen LogP contribution in [-0.4, -0.2) is 32.6 Å². The van der Waals surface area contributed by atoms with Gasteiger partial charge in [0.05, 0.1) is 23.9 Å². The van der Waals surface area contributed by atoms with E-state index in [1.54, 1.807) is 6.20 Å². The Morgan fingerprint density at radius 1 is 1.38 bits per heavy atom. The van der Waals surface area contributed by atoms with Gasteiger partial charge in [0.25, 0.3) is 0 Å². The third-order valence-electron chi connectivity index (χ3n) is 2.71. The number of carboxylic acids is 1. The molecule has 0 saturated heterocycles. The molecule has 9 heteroatoms. The molecule has 6 nitrogen and oxygen atoms in total. The largest absolute Gasteiger partial charge is 0.478 e. The SMILES string of the molecule is O=C(O)c1cc(C(F)(F)F)ccc1NCCn1ccnn1. The molecule has 0 aliphatic heterocycles. The van der Waals surface area contributed by atoms with Crippen LogP contribution in [-0.2, 0) is 12.7 Å². The fourth-order valence-electron chi connectivity index (χ4n) is 1.71. The Balaban J connectivity index is 2.13. The summed E-state index contributed by atoms with van der Waals surface area (Å²) in [7, 11) is 0. The number of benzene rings is 1. The van der Waals surface area contributed by atoms with Crippen molar-refractivity contribution in [1.29, 1.82) is 0 Å². The summed E-state index contributed by atoms with van der Waals surface area (Å²) in [5, 5.41) is 19.1. The second-order valence-electron chi connectivity index (χ2n) is 4.16. The molecule has 0 saturated carbocycles. The first-order valence-electron chi connectivity index (χ1n) is 5.90. The number of hydrogen-bond acceptors (Lipinski definition) is 4. The summed E-state index contributed by atoms with van der Waals surface area (Å²) in [6.45, 7) is 0.703. The molecule has 1 heterocycles. The number of anilines is 1. The molecule has 2 aromatic rings. The molecule has 0 fully saturated rings. The van der Waals surface area contributed by atoms with Crippen LogP contribution in [0.25, 0.3) is 0 Å². The predicted octanol–water partition coefficient (Wildman–Crippen LogP) is 2.11. The van der Waals surface area contributed by atoms with E-state index in [9.17, 15) is 18.0 Å². The van der Waals surface area contributed by atoms with E-state index < -0.39 is 23.3 Å².